The summed E-state index contributed by atoms with van der Waals surface area (Å²) in [5.41, 5.74) is 0. The molecule has 0 heterocycles. The van der Waals surface area contributed by atoms with Gasteiger partial charge in [0, 0.05) is 25.2 Å². The van der Waals surface area contributed by atoms with Crippen molar-refractivity contribution < 1.29 is 36.3 Å². The largest absolute Gasteiger partial charge is 2.00 e. The van der Waals surface area contributed by atoms with E-state index in [9.17, 15) is 9.59 Å². The van der Waals surface area contributed by atoms with E-state index in [1.54, 1.807) is 0 Å². The Balaban J connectivity index is -0.000000116. The van der Waals surface area contributed by atoms with Crippen molar-refractivity contribution in [1.29, 1.82) is 0 Å². The molecule has 0 amide bonds. The molecule has 0 aromatic heterocycles. The van der Waals surface area contributed by atoms with E-state index in [0.717, 1.165) is 13.1 Å². The summed E-state index contributed by atoms with van der Waals surface area (Å²) < 4.78 is 0. The van der Waals surface area contributed by atoms with Crippen LogP contribution in [0.15, 0.2) is 23.7 Å². The first-order chi connectivity index (χ1) is 9.88. The fourth-order valence-corrected chi connectivity index (χ4v) is 0.988. The number of aliphatic hydroxyl groups is 2. The summed E-state index contributed by atoms with van der Waals surface area (Å²) in [4.78, 5) is 24.4. The second-order valence-corrected chi connectivity index (χ2v) is 5.40. The molecule has 2 N–H and O–H groups in total. The number of aliphatic hydroxyl groups excluding tert-OH is 2. The molecule has 0 bridgehead atoms. The number of allylic oxidation sites excluding steroid dienone is 4. The SMILES string of the molecule is CC(=O)C=C(C)O.CC(=O)C=C(C)O.CN(C)CCN(C)C.[Ni+2]. The molecule has 0 aliphatic heterocycles. The normalized spacial score (nSPS) is 10.9. The van der Waals surface area contributed by atoms with E-state index in [1.807, 2.05) is 0 Å². The first kappa shape index (κ1) is 29.8. The summed E-state index contributed by atoms with van der Waals surface area (Å²) in [5.74, 6) is -0.125. The Morgan fingerprint density at radius 2 is 0.957 bits per heavy atom. The van der Waals surface area contributed by atoms with E-state index in [4.69, 9.17) is 10.2 Å². The van der Waals surface area contributed by atoms with Gasteiger partial charge in [-0.1, -0.05) is 0 Å². The molecule has 0 rings (SSSR count). The molecule has 0 aromatic rings. The third-order valence-corrected chi connectivity index (χ3v) is 1.82. The Labute approximate surface area is 150 Å². The third-order valence-electron chi connectivity index (χ3n) is 1.82. The topological polar surface area (TPSA) is 81.1 Å². The summed E-state index contributed by atoms with van der Waals surface area (Å²) in [6.45, 7) is 7.99. The van der Waals surface area contributed by atoms with Gasteiger partial charge >= 0.3 is 16.5 Å². The van der Waals surface area contributed by atoms with Gasteiger partial charge in [-0.3, -0.25) is 9.59 Å². The van der Waals surface area contributed by atoms with Gasteiger partial charge < -0.3 is 20.0 Å². The van der Waals surface area contributed by atoms with Crippen molar-refractivity contribution in [2.45, 2.75) is 27.7 Å². The van der Waals surface area contributed by atoms with E-state index in [2.05, 4.69) is 38.0 Å². The van der Waals surface area contributed by atoms with Crippen molar-refractivity contribution in [2.24, 2.45) is 0 Å². The molecule has 0 fully saturated rings. The maximum absolute atomic E-state index is 10.0. The van der Waals surface area contributed by atoms with Crippen LogP contribution >= 0.6 is 0 Å². The van der Waals surface area contributed by atoms with Crippen molar-refractivity contribution in [3.8, 4) is 0 Å². The van der Waals surface area contributed by atoms with Crippen LogP contribution in [0.4, 0.5) is 0 Å². The van der Waals surface area contributed by atoms with Crippen molar-refractivity contribution >= 4 is 11.6 Å². The maximum Gasteiger partial charge on any atom is 2.00 e. The van der Waals surface area contributed by atoms with Gasteiger partial charge in [-0.2, -0.15) is 0 Å². The molecule has 7 heteroatoms. The van der Waals surface area contributed by atoms with E-state index in [1.165, 1.54) is 39.8 Å². The number of hydrogen-bond donors (Lipinski definition) is 2. The maximum atomic E-state index is 10.0. The molecule has 0 saturated carbocycles. The molecule has 0 aromatic carbocycles. The number of rotatable bonds is 5. The second kappa shape index (κ2) is 18.9. The van der Waals surface area contributed by atoms with Gasteiger partial charge in [-0.05, 0) is 55.9 Å². The average Bonchev–Trinajstić information content (AvgIpc) is 2.23. The molecule has 6 nitrogen and oxygen atoms in total. The number of hydrogen-bond acceptors (Lipinski definition) is 6. The number of carbonyl (C=O) groups excluding carboxylic acids is 2. The van der Waals surface area contributed by atoms with Crippen molar-refractivity contribution in [2.75, 3.05) is 41.3 Å². The minimum Gasteiger partial charge on any atom is -0.512 e. The predicted octanol–water partition coefficient (Wildman–Crippen LogP) is 2.18. The van der Waals surface area contributed by atoms with E-state index in [-0.39, 0.29) is 39.6 Å². The molecule has 138 valence electrons. The second-order valence-electron chi connectivity index (χ2n) is 5.40. The minimum atomic E-state index is -0.125. The first-order valence-electron chi connectivity index (χ1n) is 6.93. The van der Waals surface area contributed by atoms with Gasteiger partial charge in [0.15, 0.2) is 11.6 Å². The third kappa shape index (κ3) is 52.8. The Morgan fingerprint density at radius 3 is 1.00 bits per heavy atom. The van der Waals surface area contributed by atoms with Gasteiger partial charge in [-0.15, -0.1) is 0 Å². The number of nitrogens with zero attached hydrogens (tertiary/aromatic N) is 2. The van der Waals surface area contributed by atoms with Crippen LogP contribution in [0.3, 0.4) is 0 Å². The molecular formula is C16H32N2NiO4+2. The Hall–Kier alpha value is -1.17. The minimum absolute atomic E-state index is 0. The molecule has 0 radical (unpaired) electrons. The molecule has 0 spiro atoms. The van der Waals surface area contributed by atoms with Crippen molar-refractivity contribution in [1.82, 2.24) is 9.80 Å². The van der Waals surface area contributed by atoms with Gasteiger partial charge in [0.1, 0.15) is 0 Å². The summed E-state index contributed by atoms with van der Waals surface area (Å²) >= 11 is 0. The molecule has 0 atom stereocenters. The Bertz CT molecular complexity index is 334. The summed E-state index contributed by atoms with van der Waals surface area (Å²) in [5, 5.41) is 16.7. The number of carbonyl (C=O) groups is 2. The van der Waals surface area contributed by atoms with Crippen LogP contribution in [0, 0.1) is 0 Å². The van der Waals surface area contributed by atoms with E-state index < -0.39 is 0 Å². The summed E-state index contributed by atoms with van der Waals surface area (Å²) in [7, 11) is 8.35. The smallest absolute Gasteiger partial charge is 0.512 e. The van der Waals surface area contributed by atoms with Crippen LogP contribution in [-0.2, 0) is 26.1 Å². The Kier molecular flexibility index (Phi) is 24.5. The standard InChI is InChI=1S/C6H16N2.2C5H8O2.Ni/c1-7(2)5-6-8(3)4;2*1-4(6)3-5(2)7;/h5-6H2,1-4H3;2*3,6H,1-2H3;/q;;;+2. The molecule has 0 aliphatic carbocycles. The van der Waals surface area contributed by atoms with E-state index >= 15 is 0 Å². The van der Waals surface area contributed by atoms with Crippen LogP contribution in [0.5, 0.6) is 0 Å². The summed E-state index contributed by atoms with van der Waals surface area (Å²) in [6, 6.07) is 0. The number of ketones is 2. The van der Waals surface area contributed by atoms with Gasteiger partial charge in [0.2, 0.25) is 0 Å². The van der Waals surface area contributed by atoms with Crippen LogP contribution in [0.25, 0.3) is 0 Å². The fourth-order valence-electron chi connectivity index (χ4n) is 0.988. The molecule has 0 unspecified atom stereocenters. The summed E-state index contributed by atoms with van der Waals surface area (Å²) in [6.07, 6.45) is 2.33. The fraction of sp³-hybridized carbons (Fsp3) is 0.625. The van der Waals surface area contributed by atoms with Crippen molar-refractivity contribution in [3.63, 3.8) is 0 Å². The number of likely N-dealkylation sites (N-methyl/N-ethyl adjacent to an activating group) is 2. The monoisotopic (exact) mass is 374 g/mol. The first-order valence-corrected chi connectivity index (χ1v) is 6.93. The quantitative estimate of drug-likeness (QED) is 0.436. The van der Waals surface area contributed by atoms with Crippen LogP contribution in [0.1, 0.15) is 27.7 Å². The zero-order chi connectivity index (χ0) is 18.3. The van der Waals surface area contributed by atoms with Crippen molar-refractivity contribution in [3.05, 3.63) is 23.7 Å². The molecule has 23 heavy (non-hydrogen) atoms. The van der Waals surface area contributed by atoms with E-state index in [0.29, 0.717) is 0 Å². The predicted molar refractivity (Wildman–Crippen MR) is 91.2 cm³/mol. The van der Waals surface area contributed by atoms with Gasteiger partial charge in [0.05, 0.1) is 11.5 Å². The zero-order valence-corrected chi connectivity index (χ0v) is 16.5. The molecular weight excluding hydrogens is 343 g/mol. The van der Waals surface area contributed by atoms with Gasteiger partial charge in [-0.25, -0.2) is 0 Å². The van der Waals surface area contributed by atoms with Crippen LogP contribution < -0.4 is 0 Å². The molecule has 0 aliphatic rings. The molecule has 0 saturated heterocycles. The average molecular weight is 375 g/mol. The van der Waals surface area contributed by atoms with Gasteiger partial charge in [0.25, 0.3) is 0 Å². The zero-order valence-electron chi connectivity index (χ0n) is 15.5. The Morgan fingerprint density at radius 1 is 0.739 bits per heavy atom. The van der Waals surface area contributed by atoms with Crippen LogP contribution in [-0.4, -0.2) is 72.9 Å². The van der Waals surface area contributed by atoms with Crippen LogP contribution in [0.2, 0.25) is 0 Å².